The third-order valence-electron chi connectivity index (χ3n) is 2.99. The molecule has 0 aromatic heterocycles. The minimum atomic E-state index is -0.493. The Morgan fingerprint density at radius 2 is 1.95 bits per heavy atom. The summed E-state index contributed by atoms with van der Waals surface area (Å²) in [6, 6.07) is 4.25. The van der Waals surface area contributed by atoms with Gasteiger partial charge in [-0.2, -0.15) is 0 Å². The van der Waals surface area contributed by atoms with Crippen molar-refractivity contribution in [3.63, 3.8) is 0 Å². The molecule has 6 nitrogen and oxygen atoms in total. The molecule has 1 aromatic carbocycles. The van der Waals surface area contributed by atoms with Crippen molar-refractivity contribution < 1.29 is 9.72 Å². The van der Waals surface area contributed by atoms with Crippen LogP contribution in [-0.4, -0.2) is 54.4 Å². The molecule has 0 saturated carbocycles. The second-order valence-corrected chi connectivity index (χ2v) is 5.87. The standard InChI is InChI=1S/C14H20BrN3O3/c1-4-7-17(9-8-16(2)3)14(19)12-10-11(18(20)21)5-6-13(12)15/h5-6,10H,4,7-9H2,1-3H3. The van der Waals surface area contributed by atoms with Crippen LogP contribution in [0, 0.1) is 10.1 Å². The molecule has 0 radical (unpaired) electrons. The molecule has 116 valence electrons. The van der Waals surface area contributed by atoms with Crippen molar-refractivity contribution in [3.8, 4) is 0 Å². The zero-order valence-electron chi connectivity index (χ0n) is 12.5. The Bertz CT molecular complexity index is 520. The van der Waals surface area contributed by atoms with Crippen LogP contribution in [0.25, 0.3) is 0 Å². The van der Waals surface area contributed by atoms with Crippen molar-refractivity contribution >= 4 is 27.5 Å². The first-order chi connectivity index (χ1) is 9.86. The van der Waals surface area contributed by atoms with Crippen LogP contribution in [-0.2, 0) is 0 Å². The highest BCUT2D eigenvalue weighted by Crippen LogP contribution is 2.24. The van der Waals surface area contributed by atoms with E-state index in [1.165, 1.54) is 12.1 Å². The van der Waals surface area contributed by atoms with E-state index < -0.39 is 4.92 Å². The molecule has 7 heteroatoms. The number of amides is 1. The van der Waals surface area contributed by atoms with Gasteiger partial charge < -0.3 is 9.80 Å². The quantitative estimate of drug-likeness (QED) is 0.555. The van der Waals surface area contributed by atoms with E-state index in [9.17, 15) is 14.9 Å². The molecule has 0 saturated heterocycles. The first-order valence-corrected chi connectivity index (χ1v) is 7.54. The van der Waals surface area contributed by atoms with Crippen molar-refractivity contribution in [3.05, 3.63) is 38.3 Å². The highest BCUT2D eigenvalue weighted by atomic mass is 79.9. The fourth-order valence-corrected chi connectivity index (χ4v) is 2.28. The van der Waals surface area contributed by atoms with Gasteiger partial charge in [0, 0.05) is 36.2 Å². The Hall–Kier alpha value is -1.47. The summed E-state index contributed by atoms with van der Waals surface area (Å²) in [5, 5.41) is 10.9. The van der Waals surface area contributed by atoms with Gasteiger partial charge in [0.25, 0.3) is 11.6 Å². The van der Waals surface area contributed by atoms with E-state index in [0.29, 0.717) is 23.1 Å². The Balaban J connectivity index is 3.02. The monoisotopic (exact) mass is 357 g/mol. The summed E-state index contributed by atoms with van der Waals surface area (Å²) in [4.78, 5) is 26.7. The normalized spacial score (nSPS) is 10.7. The number of rotatable bonds is 7. The van der Waals surface area contributed by atoms with E-state index in [1.807, 2.05) is 25.9 Å². The number of nitrogens with zero attached hydrogens (tertiary/aromatic N) is 3. The minimum Gasteiger partial charge on any atom is -0.337 e. The van der Waals surface area contributed by atoms with Crippen LogP contribution in [0.2, 0.25) is 0 Å². The minimum absolute atomic E-state index is 0.0781. The van der Waals surface area contributed by atoms with Crippen LogP contribution in [0.3, 0.4) is 0 Å². The smallest absolute Gasteiger partial charge is 0.270 e. The Morgan fingerprint density at radius 1 is 1.29 bits per heavy atom. The lowest BCUT2D eigenvalue weighted by atomic mass is 10.1. The van der Waals surface area contributed by atoms with E-state index in [4.69, 9.17) is 0 Å². The number of halogens is 1. The first kappa shape index (κ1) is 17.6. The number of nitro benzene ring substituents is 1. The van der Waals surface area contributed by atoms with Crippen molar-refractivity contribution in [1.82, 2.24) is 9.80 Å². The summed E-state index contributed by atoms with van der Waals surface area (Å²) in [6.07, 6.45) is 0.839. The van der Waals surface area contributed by atoms with Gasteiger partial charge in [-0.1, -0.05) is 6.92 Å². The molecule has 0 fully saturated rings. The summed E-state index contributed by atoms with van der Waals surface area (Å²) in [5.74, 6) is -0.186. The first-order valence-electron chi connectivity index (χ1n) is 6.74. The number of nitro groups is 1. The molecule has 0 bridgehead atoms. The Kier molecular flexibility index (Phi) is 6.77. The zero-order chi connectivity index (χ0) is 16.0. The van der Waals surface area contributed by atoms with Crippen molar-refractivity contribution in [1.29, 1.82) is 0 Å². The second-order valence-electron chi connectivity index (χ2n) is 5.02. The van der Waals surface area contributed by atoms with Crippen LogP contribution in [0.5, 0.6) is 0 Å². The van der Waals surface area contributed by atoms with Gasteiger partial charge in [0.2, 0.25) is 0 Å². The average molecular weight is 358 g/mol. The highest BCUT2D eigenvalue weighted by Gasteiger charge is 2.20. The largest absolute Gasteiger partial charge is 0.337 e. The van der Waals surface area contributed by atoms with Crippen LogP contribution < -0.4 is 0 Å². The summed E-state index contributed by atoms with van der Waals surface area (Å²) >= 11 is 3.30. The molecular formula is C14H20BrN3O3. The predicted octanol–water partition coefficient (Wildman–Crippen LogP) is 2.77. The number of hydrogen-bond donors (Lipinski definition) is 0. The average Bonchev–Trinajstić information content (AvgIpc) is 2.42. The summed E-state index contributed by atoms with van der Waals surface area (Å²) in [7, 11) is 3.88. The van der Waals surface area contributed by atoms with Gasteiger partial charge in [-0.3, -0.25) is 14.9 Å². The fourth-order valence-electron chi connectivity index (χ4n) is 1.87. The maximum atomic E-state index is 12.6. The molecule has 0 unspecified atom stereocenters. The summed E-state index contributed by atoms with van der Waals surface area (Å²) in [5.41, 5.74) is 0.252. The third kappa shape index (κ3) is 5.09. The van der Waals surface area contributed by atoms with Gasteiger partial charge >= 0.3 is 0 Å². The van der Waals surface area contributed by atoms with E-state index >= 15 is 0 Å². The Morgan fingerprint density at radius 3 is 2.48 bits per heavy atom. The van der Waals surface area contributed by atoms with Gasteiger partial charge in [-0.05, 0) is 42.5 Å². The maximum absolute atomic E-state index is 12.6. The molecular weight excluding hydrogens is 338 g/mol. The molecule has 0 N–H and O–H groups in total. The van der Waals surface area contributed by atoms with Crippen LogP contribution in [0.1, 0.15) is 23.7 Å². The van der Waals surface area contributed by atoms with Crippen LogP contribution >= 0.6 is 15.9 Å². The summed E-state index contributed by atoms with van der Waals surface area (Å²) in [6.45, 7) is 3.97. The zero-order valence-corrected chi connectivity index (χ0v) is 14.1. The molecule has 1 aromatic rings. The number of non-ortho nitro benzene ring substituents is 1. The van der Waals surface area contributed by atoms with Gasteiger partial charge in [-0.15, -0.1) is 0 Å². The van der Waals surface area contributed by atoms with Crippen molar-refractivity contribution in [2.75, 3.05) is 33.7 Å². The molecule has 0 heterocycles. The number of carbonyl (C=O) groups is 1. The maximum Gasteiger partial charge on any atom is 0.270 e. The molecule has 0 atom stereocenters. The molecule has 0 aliphatic carbocycles. The van der Waals surface area contributed by atoms with Crippen LogP contribution in [0.4, 0.5) is 5.69 Å². The van der Waals surface area contributed by atoms with E-state index in [-0.39, 0.29) is 11.6 Å². The topological polar surface area (TPSA) is 66.7 Å². The predicted molar refractivity (Wildman–Crippen MR) is 85.5 cm³/mol. The van der Waals surface area contributed by atoms with E-state index in [1.54, 1.807) is 11.0 Å². The van der Waals surface area contributed by atoms with Crippen molar-refractivity contribution in [2.24, 2.45) is 0 Å². The molecule has 1 amide bonds. The SMILES string of the molecule is CCCN(CCN(C)C)C(=O)c1cc([N+](=O)[O-])ccc1Br. The van der Waals surface area contributed by atoms with Gasteiger partial charge in [0.1, 0.15) is 0 Å². The molecule has 1 rings (SSSR count). The van der Waals surface area contributed by atoms with Crippen LogP contribution in [0.15, 0.2) is 22.7 Å². The lowest BCUT2D eigenvalue weighted by Crippen LogP contribution is -2.37. The molecule has 0 aliphatic rings. The fraction of sp³-hybridized carbons (Fsp3) is 0.500. The van der Waals surface area contributed by atoms with E-state index in [0.717, 1.165) is 13.0 Å². The number of carbonyl (C=O) groups excluding carboxylic acids is 1. The molecule has 0 aliphatic heterocycles. The van der Waals surface area contributed by atoms with E-state index in [2.05, 4.69) is 15.9 Å². The van der Waals surface area contributed by atoms with Gasteiger partial charge in [0.15, 0.2) is 0 Å². The van der Waals surface area contributed by atoms with Gasteiger partial charge in [0.05, 0.1) is 10.5 Å². The van der Waals surface area contributed by atoms with Gasteiger partial charge in [-0.25, -0.2) is 0 Å². The highest BCUT2D eigenvalue weighted by molar-refractivity contribution is 9.10. The lowest BCUT2D eigenvalue weighted by molar-refractivity contribution is -0.384. The number of benzene rings is 1. The van der Waals surface area contributed by atoms with Crippen molar-refractivity contribution in [2.45, 2.75) is 13.3 Å². The molecule has 0 spiro atoms. The Labute approximate surface area is 133 Å². The third-order valence-corrected chi connectivity index (χ3v) is 3.68. The summed E-state index contributed by atoms with van der Waals surface area (Å²) < 4.78 is 0.573. The lowest BCUT2D eigenvalue weighted by Gasteiger charge is -2.24. The second kappa shape index (κ2) is 8.09. The number of hydrogen-bond acceptors (Lipinski definition) is 4. The number of likely N-dealkylation sites (N-methyl/N-ethyl adjacent to an activating group) is 1. The molecule has 21 heavy (non-hydrogen) atoms.